The van der Waals surface area contributed by atoms with Gasteiger partial charge in [-0.2, -0.15) is 0 Å². The Morgan fingerprint density at radius 3 is 2.00 bits per heavy atom. The van der Waals surface area contributed by atoms with Crippen molar-refractivity contribution in [2.24, 2.45) is 5.41 Å². The van der Waals surface area contributed by atoms with Crippen LogP contribution in [0.4, 0.5) is 11.4 Å². The molecule has 0 unspecified atom stereocenters. The maximum Gasteiger partial charge on any atom is 0.255 e. The summed E-state index contributed by atoms with van der Waals surface area (Å²) < 4.78 is 5.38. The molecule has 0 saturated carbocycles. The van der Waals surface area contributed by atoms with E-state index in [1.807, 2.05) is 27.7 Å². The Morgan fingerprint density at radius 1 is 0.867 bits per heavy atom. The average Bonchev–Trinajstić information content (AvgIpc) is 2.69. The van der Waals surface area contributed by atoms with Crippen molar-refractivity contribution in [2.75, 3.05) is 23.8 Å². The number of hydrogen-bond donors (Lipinski definition) is 3. The van der Waals surface area contributed by atoms with Crippen molar-refractivity contribution in [2.45, 2.75) is 34.1 Å². The third-order valence-corrected chi connectivity index (χ3v) is 4.17. The van der Waals surface area contributed by atoms with Crippen LogP contribution >= 0.6 is 0 Å². The lowest BCUT2D eigenvalue weighted by atomic mass is 9.96. The molecule has 0 spiro atoms. The molecule has 3 N–H and O–H groups in total. The van der Waals surface area contributed by atoms with E-state index in [1.165, 1.54) is 0 Å². The van der Waals surface area contributed by atoms with Gasteiger partial charge in [0.1, 0.15) is 5.75 Å². The van der Waals surface area contributed by atoms with E-state index in [2.05, 4.69) is 16.0 Å². The number of carbonyl (C=O) groups excluding carboxylic acids is 3. The van der Waals surface area contributed by atoms with Crippen LogP contribution in [-0.2, 0) is 9.59 Å². The highest BCUT2D eigenvalue weighted by Gasteiger charge is 2.20. The Kier molecular flexibility index (Phi) is 7.98. The molecule has 3 amide bonds. The van der Waals surface area contributed by atoms with Gasteiger partial charge in [-0.25, -0.2) is 0 Å². The minimum absolute atomic E-state index is 0.0989. The smallest absolute Gasteiger partial charge is 0.255 e. The fourth-order valence-corrected chi connectivity index (χ4v) is 2.49. The molecule has 0 radical (unpaired) electrons. The highest BCUT2D eigenvalue weighted by atomic mass is 16.5. The summed E-state index contributed by atoms with van der Waals surface area (Å²) in [5.41, 5.74) is 1.23. The molecule has 160 valence electrons. The zero-order valence-corrected chi connectivity index (χ0v) is 17.9. The first kappa shape index (κ1) is 22.9. The molecule has 0 aliphatic rings. The van der Waals surface area contributed by atoms with Crippen LogP contribution in [0.1, 0.15) is 44.5 Å². The molecule has 30 heavy (non-hydrogen) atoms. The molecule has 7 nitrogen and oxygen atoms in total. The molecular weight excluding hydrogens is 382 g/mol. The van der Waals surface area contributed by atoms with Gasteiger partial charge in [0.05, 0.1) is 6.61 Å². The Balaban J connectivity index is 1.83. The molecule has 7 heteroatoms. The predicted octanol–water partition coefficient (Wildman–Crippen LogP) is 3.83. The van der Waals surface area contributed by atoms with E-state index in [1.54, 1.807) is 48.5 Å². The number of ether oxygens (including phenoxy) is 1. The van der Waals surface area contributed by atoms with E-state index in [-0.39, 0.29) is 30.7 Å². The lowest BCUT2D eigenvalue weighted by Crippen LogP contribution is -2.36. The molecule has 0 aliphatic heterocycles. The largest absolute Gasteiger partial charge is 0.494 e. The minimum Gasteiger partial charge on any atom is -0.494 e. The van der Waals surface area contributed by atoms with Gasteiger partial charge in [0.25, 0.3) is 5.91 Å². The van der Waals surface area contributed by atoms with Crippen LogP contribution in [0.25, 0.3) is 0 Å². The summed E-state index contributed by atoms with van der Waals surface area (Å²) in [7, 11) is 0. The number of anilines is 2. The van der Waals surface area contributed by atoms with E-state index in [4.69, 9.17) is 4.74 Å². The van der Waals surface area contributed by atoms with Crippen LogP contribution in [-0.4, -0.2) is 30.9 Å². The first-order valence-corrected chi connectivity index (χ1v) is 9.91. The SMILES string of the molecule is CCOc1ccc(NC(=O)c2ccc(NC(=O)CCNC(=O)C(C)(C)C)cc2)cc1. The average molecular weight is 412 g/mol. The highest BCUT2D eigenvalue weighted by Crippen LogP contribution is 2.17. The summed E-state index contributed by atoms with van der Waals surface area (Å²) in [6.07, 6.45) is 0.168. The maximum absolute atomic E-state index is 12.4. The monoisotopic (exact) mass is 411 g/mol. The van der Waals surface area contributed by atoms with Crippen LogP contribution in [0, 0.1) is 5.41 Å². The minimum atomic E-state index is -0.488. The van der Waals surface area contributed by atoms with Gasteiger partial charge < -0.3 is 20.7 Å². The van der Waals surface area contributed by atoms with Gasteiger partial charge in [0.15, 0.2) is 0 Å². The van der Waals surface area contributed by atoms with Gasteiger partial charge in [-0.1, -0.05) is 20.8 Å². The van der Waals surface area contributed by atoms with Gasteiger partial charge in [0.2, 0.25) is 11.8 Å². The summed E-state index contributed by atoms with van der Waals surface area (Å²) in [6, 6.07) is 13.7. The van der Waals surface area contributed by atoms with Crippen molar-refractivity contribution in [3.8, 4) is 5.75 Å². The van der Waals surface area contributed by atoms with Crippen molar-refractivity contribution in [3.63, 3.8) is 0 Å². The number of carbonyl (C=O) groups is 3. The van der Waals surface area contributed by atoms with Crippen molar-refractivity contribution < 1.29 is 19.1 Å². The summed E-state index contributed by atoms with van der Waals surface area (Å²) in [5.74, 6) is 0.185. The summed E-state index contributed by atoms with van der Waals surface area (Å²) in [6.45, 7) is 8.21. The summed E-state index contributed by atoms with van der Waals surface area (Å²) in [5, 5.41) is 8.31. The second-order valence-corrected chi connectivity index (χ2v) is 7.79. The second-order valence-electron chi connectivity index (χ2n) is 7.79. The Morgan fingerprint density at radius 2 is 1.43 bits per heavy atom. The predicted molar refractivity (Wildman–Crippen MR) is 118 cm³/mol. The van der Waals surface area contributed by atoms with Crippen LogP contribution in [0.15, 0.2) is 48.5 Å². The molecule has 0 aromatic heterocycles. The topological polar surface area (TPSA) is 96.5 Å². The van der Waals surface area contributed by atoms with E-state index >= 15 is 0 Å². The Labute approximate surface area is 177 Å². The number of nitrogens with one attached hydrogen (secondary N) is 3. The maximum atomic E-state index is 12.4. The molecule has 0 bridgehead atoms. The fraction of sp³-hybridized carbons (Fsp3) is 0.348. The summed E-state index contributed by atoms with van der Waals surface area (Å²) in [4.78, 5) is 36.2. The number of hydrogen-bond acceptors (Lipinski definition) is 4. The van der Waals surface area contributed by atoms with E-state index in [0.29, 0.717) is 23.5 Å². The van der Waals surface area contributed by atoms with Crippen molar-refractivity contribution in [1.82, 2.24) is 5.32 Å². The first-order valence-electron chi connectivity index (χ1n) is 9.91. The Bertz CT molecular complexity index is 869. The van der Waals surface area contributed by atoms with Crippen LogP contribution in [0.5, 0.6) is 5.75 Å². The lowest BCUT2D eigenvalue weighted by molar-refractivity contribution is -0.128. The highest BCUT2D eigenvalue weighted by molar-refractivity contribution is 6.04. The van der Waals surface area contributed by atoms with Gasteiger partial charge in [-0.3, -0.25) is 14.4 Å². The molecular formula is C23H29N3O4. The number of rotatable bonds is 8. The van der Waals surface area contributed by atoms with Crippen LogP contribution < -0.4 is 20.7 Å². The molecule has 0 saturated heterocycles. The molecule has 0 atom stereocenters. The van der Waals surface area contributed by atoms with Crippen molar-refractivity contribution in [3.05, 3.63) is 54.1 Å². The van der Waals surface area contributed by atoms with Gasteiger partial charge >= 0.3 is 0 Å². The number of amides is 3. The van der Waals surface area contributed by atoms with Crippen LogP contribution in [0.3, 0.4) is 0 Å². The lowest BCUT2D eigenvalue weighted by Gasteiger charge is -2.17. The quantitative estimate of drug-likeness (QED) is 0.615. The normalized spacial score (nSPS) is 10.8. The van der Waals surface area contributed by atoms with Crippen molar-refractivity contribution in [1.29, 1.82) is 0 Å². The molecule has 2 rings (SSSR count). The third kappa shape index (κ3) is 7.24. The zero-order valence-electron chi connectivity index (χ0n) is 17.9. The van der Waals surface area contributed by atoms with Crippen LogP contribution in [0.2, 0.25) is 0 Å². The molecule has 0 aliphatic carbocycles. The van der Waals surface area contributed by atoms with E-state index in [0.717, 1.165) is 5.75 Å². The molecule has 0 fully saturated rings. The number of benzene rings is 2. The van der Waals surface area contributed by atoms with Gasteiger partial charge in [-0.05, 0) is 55.5 Å². The molecule has 0 heterocycles. The molecule has 2 aromatic rings. The second kappa shape index (κ2) is 10.4. The third-order valence-electron chi connectivity index (χ3n) is 4.17. The first-order chi connectivity index (χ1) is 14.2. The zero-order chi connectivity index (χ0) is 22.1. The van der Waals surface area contributed by atoms with E-state index in [9.17, 15) is 14.4 Å². The molecule has 2 aromatic carbocycles. The van der Waals surface area contributed by atoms with Gasteiger partial charge in [-0.15, -0.1) is 0 Å². The van der Waals surface area contributed by atoms with Gasteiger partial charge in [0, 0.05) is 35.3 Å². The van der Waals surface area contributed by atoms with E-state index < -0.39 is 5.41 Å². The standard InChI is InChI=1S/C23H29N3O4/c1-5-30-19-12-10-18(11-13-19)26-21(28)16-6-8-17(9-7-16)25-20(27)14-15-24-22(29)23(2,3)4/h6-13H,5,14-15H2,1-4H3,(H,24,29)(H,25,27)(H,26,28). The summed E-state index contributed by atoms with van der Waals surface area (Å²) >= 11 is 0. The Hall–Kier alpha value is -3.35. The van der Waals surface area contributed by atoms with Crippen molar-refractivity contribution >= 4 is 29.1 Å². The fourth-order valence-electron chi connectivity index (χ4n) is 2.49.